The Morgan fingerprint density at radius 3 is 2.58 bits per heavy atom. The zero-order valence-corrected chi connectivity index (χ0v) is 18.0. The van der Waals surface area contributed by atoms with Crippen LogP contribution in [0.2, 0.25) is 0 Å². The van der Waals surface area contributed by atoms with Crippen LogP contribution in [0.25, 0.3) is 5.57 Å². The van der Waals surface area contributed by atoms with Gasteiger partial charge in [-0.2, -0.15) is 0 Å². The van der Waals surface area contributed by atoms with Gasteiger partial charge in [-0.05, 0) is 60.1 Å². The Labute approximate surface area is 182 Å². The SMILES string of the molecule is CCC1(c2ccc(NC(=O)C(C)CC3=CCc4ccccc43)cc2)CCC(=O)NC1=O. The number of anilines is 1. The zero-order chi connectivity index (χ0) is 22.0. The van der Waals surface area contributed by atoms with E-state index < -0.39 is 5.41 Å². The molecule has 2 N–H and O–H groups in total. The molecule has 1 heterocycles. The molecule has 0 radical (unpaired) electrons. The minimum atomic E-state index is -0.688. The van der Waals surface area contributed by atoms with Crippen LogP contribution in [0.3, 0.4) is 0 Å². The number of amides is 3. The fraction of sp³-hybridized carbons (Fsp3) is 0.346. The van der Waals surface area contributed by atoms with Crippen molar-refractivity contribution in [1.29, 1.82) is 0 Å². The van der Waals surface area contributed by atoms with E-state index in [-0.39, 0.29) is 23.6 Å². The van der Waals surface area contributed by atoms with Crippen LogP contribution in [-0.4, -0.2) is 17.7 Å². The Morgan fingerprint density at radius 2 is 1.87 bits per heavy atom. The largest absolute Gasteiger partial charge is 0.326 e. The van der Waals surface area contributed by atoms with Crippen molar-refractivity contribution in [3.05, 3.63) is 71.3 Å². The van der Waals surface area contributed by atoms with Crippen LogP contribution in [0.15, 0.2) is 54.6 Å². The third kappa shape index (κ3) is 4.05. The Bertz CT molecular complexity index is 1050. The van der Waals surface area contributed by atoms with Gasteiger partial charge in [0.05, 0.1) is 5.41 Å². The average molecular weight is 417 g/mol. The second-order valence-electron chi connectivity index (χ2n) is 8.58. The summed E-state index contributed by atoms with van der Waals surface area (Å²) in [5.41, 5.74) is 4.70. The van der Waals surface area contributed by atoms with E-state index in [2.05, 4.69) is 28.8 Å². The molecule has 1 aliphatic carbocycles. The molecule has 4 rings (SSSR count). The van der Waals surface area contributed by atoms with Crippen LogP contribution in [0.4, 0.5) is 5.69 Å². The molecule has 0 bridgehead atoms. The number of rotatable bonds is 6. The maximum atomic E-state index is 12.8. The molecule has 0 saturated carbocycles. The summed E-state index contributed by atoms with van der Waals surface area (Å²) < 4.78 is 0. The van der Waals surface area contributed by atoms with Gasteiger partial charge in [0.2, 0.25) is 17.7 Å². The molecule has 0 spiro atoms. The summed E-state index contributed by atoms with van der Waals surface area (Å²) in [5.74, 6) is -0.632. The number of carbonyl (C=O) groups is 3. The molecule has 2 unspecified atom stereocenters. The highest BCUT2D eigenvalue weighted by Crippen LogP contribution is 2.36. The molecule has 31 heavy (non-hydrogen) atoms. The van der Waals surface area contributed by atoms with Crippen LogP contribution in [0, 0.1) is 5.92 Å². The van der Waals surface area contributed by atoms with Gasteiger partial charge in [-0.25, -0.2) is 0 Å². The van der Waals surface area contributed by atoms with Gasteiger partial charge in [0.1, 0.15) is 0 Å². The summed E-state index contributed by atoms with van der Waals surface area (Å²) in [6.07, 6.45) is 5.31. The number of nitrogens with one attached hydrogen (secondary N) is 2. The lowest BCUT2D eigenvalue weighted by Gasteiger charge is -2.35. The van der Waals surface area contributed by atoms with Crippen molar-refractivity contribution in [3.63, 3.8) is 0 Å². The molecule has 2 aliphatic rings. The van der Waals surface area contributed by atoms with Crippen LogP contribution < -0.4 is 10.6 Å². The van der Waals surface area contributed by atoms with E-state index in [0.717, 1.165) is 12.0 Å². The molecule has 1 aliphatic heterocycles. The quantitative estimate of drug-likeness (QED) is 0.687. The summed E-state index contributed by atoms with van der Waals surface area (Å²) in [6, 6.07) is 15.8. The predicted molar refractivity (Wildman–Crippen MR) is 121 cm³/mol. The predicted octanol–water partition coefficient (Wildman–Crippen LogP) is 4.38. The number of imide groups is 1. The normalized spacial score (nSPS) is 21.2. The summed E-state index contributed by atoms with van der Waals surface area (Å²) in [7, 11) is 0. The number of allylic oxidation sites excluding steroid dienone is 2. The van der Waals surface area contributed by atoms with Gasteiger partial charge in [-0.3, -0.25) is 19.7 Å². The van der Waals surface area contributed by atoms with Gasteiger partial charge in [0.15, 0.2) is 0 Å². The van der Waals surface area contributed by atoms with Crippen molar-refractivity contribution in [3.8, 4) is 0 Å². The monoisotopic (exact) mass is 416 g/mol. The van der Waals surface area contributed by atoms with Crippen molar-refractivity contribution in [2.24, 2.45) is 5.92 Å². The van der Waals surface area contributed by atoms with Crippen LogP contribution in [-0.2, 0) is 26.2 Å². The van der Waals surface area contributed by atoms with E-state index in [1.54, 1.807) is 0 Å². The van der Waals surface area contributed by atoms with Crippen LogP contribution in [0.5, 0.6) is 0 Å². The second-order valence-corrected chi connectivity index (χ2v) is 8.58. The molecular weight excluding hydrogens is 388 g/mol. The highest BCUT2D eigenvalue weighted by molar-refractivity contribution is 6.03. The number of benzene rings is 2. The lowest BCUT2D eigenvalue weighted by Crippen LogP contribution is -2.51. The molecule has 5 heteroatoms. The third-order valence-corrected chi connectivity index (χ3v) is 6.68. The van der Waals surface area contributed by atoms with E-state index in [9.17, 15) is 14.4 Å². The maximum Gasteiger partial charge on any atom is 0.237 e. The summed E-state index contributed by atoms with van der Waals surface area (Å²) >= 11 is 0. The topological polar surface area (TPSA) is 75.3 Å². The Morgan fingerprint density at radius 1 is 1.13 bits per heavy atom. The first-order valence-electron chi connectivity index (χ1n) is 11.0. The Balaban J connectivity index is 1.41. The van der Waals surface area contributed by atoms with Gasteiger partial charge >= 0.3 is 0 Å². The van der Waals surface area contributed by atoms with E-state index in [0.29, 0.717) is 31.4 Å². The van der Waals surface area contributed by atoms with E-state index in [1.165, 1.54) is 16.7 Å². The van der Waals surface area contributed by atoms with Gasteiger partial charge in [-0.1, -0.05) is 56.3 Å². The molecule has 0 aromatic heterocycles. The van der Waals surface area contributed by atoms with Gasteiger partial charge in [0.25, 0.3) is 0 Å². The minimum Gasteiger partial charge on any atom is -0.326 e. The summed E-state index contributed by atoms with van der Waals surface area (Å²) in [4.78, 5) is 36.9. The Hall–Kier alpha value is -3.21. The van der Waals surface area contributed by atoms with Crippen molar-refractivity contribution in [2.75, 3.05) is 5.32 Å². The zero-order valence-electron chi connectivity index (χ0n) is 18.0. The molecule has 5 nitrogen and oxygen atoms in total. The lowest BCUT2D eigenvalue weighted by molar-refractivity contribution is -0.138. The first kappa shape index (κ1) is 21.0. The number of hydrogen-bond donors (Lipinski definition) is 2. The highest BCUT2D eigenvalue weighted by atomic mass is 16.2. The number of piperidine rings is 1. The standard InChI is InChI=1S/C26H28N2O3/c1-3-26(15-14-23(29)28-25(26)31)20-10-12-21(13-11-20)27-24(30)17(2)16-19-9-8-18-6-4-5-7-22(18)19/h4-7,9-13,17H,3,8,14-16H2,1-2H3,(H,27,30)(H,28,29,31). The number of fused-ring (bicyclic) bond motifs is 1. The first-order valence-corrected chi connectivity index (χ1v) is 11.0. The first-order chi connectivity index (χ1) is 14.9. The Kier molecular flexibility index (Phi) is 5.77. The van der Waals surface area contributed by atoms with E-state index in [4.69, 9.17) is 0 Å². The highest BCUT2D eigenvalue weighted by Gasteiger charge is 2.42. The fourth-order valence-corrected chi connectivity index (χ4v) is 4.67. The van der Waals surface area contributed by atoms with Crippen molar-refractivity contribution in [2.45, 2.75) is 51.4 Å². The molecule has 3 amide bonds. The summed E-state index contributed by atoms with van der Waals surface area (Å²) in [6.45, 7) is 3.91. The van der Waals surface area contributed by atoms with Gasteiger partial charge < -0.3 is 5.32 Å². The maximum absolute atomic E-state index is 12.8. The fourth-order valence-electron chi connectivity index (χ4n) is 4.67. The molecule has 2 aromatic rings. The van der Waals surface area contributed by atoms with E-state index >= 15 is 0 Å². The van der Waals surface area contributed by atoms with Crippen LogP contribution >= 0.6 is 0 Å². The molecule has 2 atom stereocenters. The smallest absolute Gasteiger partial charge is 0.237 e. The summed E-state index contributed by atoms with van der Waals surface area (Å²) in [5, 5.41) is 5.47. The van der Waals surface area contributed by atoms with Crippen molar-refractivity contribution < 1.29 is 14.4 Å². The minimum absolute atomic E-state index is 0.0238. The molecular formula is C26H28N2O3. The van der Waals surface area contributed by atoms with Crippen molar-refractivity contribution in [1.82, 2.24) is 5.32 Å². The molecule has 1 fully saturated rings. The lowest BCUT2D eigenvalue weighted by atomic mass is 9.72. The molecule has 2 aromatic carbocycles. The number of carbonyl (C=O) groups excluding carboxylic acids is 3. The molecule has 1 saturated heterocycles. The molecule has 160 valence electrons. The van der Waals surface area contributed by atoms with E-state index in [1.807, 2.05) is 50.2 Å². The average Bonchev–Trinajstić information content (AvgIpc) is 3.18. The van der Waals surface area contributed by atoms with Crippen molar-refractivity contribution >= 4 is 29.0 Å². The van der Waals surface area contributed by atoms with Gasteiger partial charge in [0, 0.05) is 18.0 Å². The second kappa shape index (κ2) is 8.50. The third-order valence-electron chi connectivity index (χ3n) is 6.68. The van der Waals surface area contributed by atoms with Crippen LogP contribution in [0.1, 0.15) is 56.2 Å². The van der Waals surface area contributed by atoms with Gasteiger partial charge in [-0.15, -0.1) is 0 Å². The number of hydrogen-bond acceptors (Lipinski definition) is 3.